The summed E-state index contributed by atoms with van der Waals surface area (Å²) in [6.45, 7) is 2.25. The molecular formula is C17H32N2O. The monoisotopic (exact) mass is 280 g/mol. The van der Waals surface area contributed by atoms with E-state index in [0.29, 0.717) is 18.1 Å². The second kappa shape index (κ2) is 8.66. The van der Waals surface area contributed by atoms with Crippen LogP contribution in [0.25, 0.3) is 0 Å². The highest BCUT2D eigenvalue weighted by atomic mass is 16.1. The molecule has 2 N–H and O–H groups in total. The molecule has 0 aliphatic carbocycles. The number of rotatable bonds is 9. The van der Waals surface area contributed by atoms with Crippen molar-refractivity contribution >= 4 is 5.91 Å². The van der Waals surface area contributed by atoms with Crippen LogP contribution in [0, 0.1) is 0 Å². The molecular weight excluding hydrogens is 248 g/mol. The molecule has 0 saturated carbocycles. The minimum atomic E-state index is 0.282. The van der Waals surface area contributed by atoms with Crippen LogP contribution >= 0.6 is 0 Å². The van der Waals surface area contributed by atoms with E-state index in [9.17, 15) is 4.79 Å². The van der Waals surface area contributed by atoms with E-state index in [1.807, 2.05) is 0 Å². The molecule has 3 heteroatoms. The van der Waals surface area contributed by atoms with Crippen molar-refractivity contribution in [2.24, 2.45) is 0 Å². The molecule has 2 aliphatic heterocycles. The van der Waals surface area contributed by atoms with Gasteiger partial charge in [0.05, 0.1) is 0 Å². The van der Waals surface area contributed by atoms with Gasteiger partial charge in [-0.15, -0.1) is 0 Å². The van der Waals surface area contributed by atoms with Crippen molar-refractivity contribution < 1.29 is 4.79 Å². The Hall–Kier alpha value is -0.570. The molecule has 2 unspecified atom stereocenters. The number of carbonyl (C=O) groups is 1. The van der Waals surface area contributed by atoms with Crippen LogP contribution < -0.4 is 10.6 Å². The molecule has 2 fully saturated rings. The van der Waals surface area contributed by atoms with Crippen LogP contribution in [0.2, 0.25) is 0 Å². The number of hydrogen-bond donors (Lipinski definition) is 2. The lowest BCUT2D eigenvalue weighted by atomic mass is 9.99. The molecule has 0 aromatic rings. The fourth-order valence-corrected chi connectivity index (χ4v) is 3.72. The van der Waals surface area contributed by atoms with Crippen molar-refractivity contribution in [3.8, 4) is 0 Å². The van der Waals surface area contributed by atoms with Gasteiger partial charge in [0, 0.05) is 24.5 Å². The van der Waals surface area contributed by atoms with Gasteiger partial charge in [-0.05, 0) is 32.1 Å². The van der Waals surface area contributed by atoms with Crippen LogP contribution in [-0.2, 0) is 4.79 Å². The standard InChI is InChI=1S/C17H32N2O/c1-2-3-4-5-6-7-8-9-17(20)19-16-12-14-10-11-15(13-16)18-14/h14-16,18H,2-13H2,1H3,(H,19,20). The molecule has 2 bridgehead atoms. The Labute approximate surface area is 124 Å². The third-order valence-corrected chi connectivity index (χ3v) is 4.85. The second-order valence-electron chi connectivity index (χ2n) is 6.75. The van der Waals surface area contributed by atoms with Gasteiger partial charge in [-0.1, -0.05) is 45.4 Å². The van der Waals surface area contributed by atoms with Gasteiger partial charge in [0.15, 0.2) is 0 Å². The van der Waals surface area contributed by atoms with E-state index in [2.05, 4.69) is 17.6 Å². The number of carbonyl (C=O) groups excluding carboxylic acids is 1. The summed E-state index contributed by atoms with van der Waals surface area (Å²) >= 11 is 0. The minimum absolute atomic E-state index is 0.282. The van der Waals surface area contributed by atoms with Crippen LogP contribution in [-0.4, -0.2) is 24.0 Å². The SMILES string of the molecule is CCCCCCCCCC(=O)NC1CC2CCC(C1)N2. The number of amides is 1. The summed E-state index contributed by atoms with van der Waals surface area (Å²) in [7, 11) is 0. The first-order valence-corrected chi connectivity index (χ1v) is 8.83. The fourth-order valence-electron chi connectivity index (χ4n) is 3.72. The van der Waals surface area contributed by atoms with E-state index in [4.69, 9.17) is 0 Å². The third-order valence-electron chi connectivity index (χ3n) is 4.85. The van der Waals surface area contributed by atoms with E-state index < -0.39 is 0 Å². The highest BCUT2D eigenvalue weighted by Gasteiger charge is 2.33. The maximum absolute atomic E-state index is 11.9. The zero-order valence-electron chi connectivity index (χ0n) is 13.1. The summed E-state index contributed by atoms with van der Waals surface area (Å²) < 4.78 is 0. The lowest BCUT2D eigenvalue weighted by Crippen LogP contribution is -2.47. The van der Waals surface area contributed by atoms with Crippen molar-refractivity contribution in [2.45, 2.75) is 102 Å². The first-order valence-electron chi connectivity index (χ1n) is 8.83. The number of hydrogen-bond acceptors (Lipinski definition) is 2. The van der Waals surface area contributed by atoms with Gasteiger partial charge in [0.1, 0.15) is 0 Å². The van der Waals surface area contributed by atoms with Crippen LogP contribution in [0.3, 0.4) is 0 Å². The molecule has 1 amide bonds. The van der Waals surface area contributed by atoms with Crippen molar-refractivity contribution in [1.82, 2.24) is 10.6 Å². The third kappa shape index (κ3) is 5.43. The van der Waals surface area contributed by atoms with E-state index in [0.717, 1.165) is 25.7 Å². The molecule has 3 nitrogen and oxygen atoms in total. The molecule has 2 rings (SSSR count). The van der Waals surface area contributed by atoms with Gasteiger partial charge in [0.2, 0.25) is 5.91 Å². The summed E-state index contributed by atoms with van der Waals surface area (Å²) in [5.74, 6) is 0.282. The number of nitrogens with one attached hydrogen (secondary N) is 2. The Kier molecular flexibility index (Phi) is 6.85. The van der Waals surface area contributed by atoms with Crippen molar-refractivity contribution in [3.05, 3.63) is 0 Å². The van der Waals surface area contributed by atoms with Crippen LogP contribution in [0.1, 0.15) is 84.0 Å². The largest absolute Gasteiger partial charge is 0.353 e. The molecule has 20 heavy (non-hydrogen) atoms. The molecule has 2 atom stereocenters. The number of piperidine rings is 1. The zero-order valence-corrected chi connectivity index (χ0v) is 13.1. The predicted octanol–water partition coefficient (Wildman–Crippen LogP) is 3.53. The summed E-state index contributed by atoms with van der Waals surface area (Å²) in [6, 6.07) is 1.76. The van der Waals surface area contributed by atoms with Gasteiger partial charge < -0.3 is 10.6 Å². The Balaban J connectivity index is 1.48. The highest BCUT2D eigenvalue weighted by molar-refractivity contribution is 5.76. The van der Waals surface area contributed by atoms with Crippen molar-refractivity contribution in [3.63, 3.8) is 0 Å². The highest BCUT2D eigenvalue weighted by Crippen LogP contribution is 2.26. The molecule has 0 spiro atoms. The van der Waals surface area contributed by atoms with Gasteiger partial charge in [-0.3, -0.25) is 4.79 Å². The van der Waals surface area contributed by atoms with Crippen LogP contribution in [0.5, 0.6) is 0 Å². The molecule has 0 radical (unpaired) electrons. The molecule has 2 heterocycles. The Morgan fingerprint density at radius 2 is 1.60 bits per heavy atom. The Morgan fingerprint density at radius 3 is 2.25 bits per heavy atom. The van der Waals surface area contributed by atoms with E-state index in [-0.39, 0.29) is 5.91 Å². The fraction of sp³-hybridized carbons (Fsp3) is 0.941. The Morgan fingerprint density at radius 1 is 1.00 bits per heavy atom. The van der Waals surface area contributed by atoms with Crippen LogP contribution in [0.4, 0.5) is 0 Å². The summed E-state index contributed by atoms with van der Waals surface area (Å²) in [6.07, 6.45) is 14.6. The molecule has 2 aliphatic rings. The Bertz CT molecular complexity index is 281. The first kappa shape index (κ1) is 15.8. The molecule has 0 aromatic heterocycles. The van der Waals surface area contributed by atoms with Gasteiger partial charge in [0.25, 0.3) is 0 Å². The predicted molar refractivity (Wildman–Crippen MR) is 83.7 cm³/mol. The number of unbranched alkanes of at least 4 members (excludes halogenated alkanes) is 6. The topological polar surface area (TPSA) is 41.1 Å². The van der Waals surface area contributed by atoms with Gasteiger partial charge in [-0.25, -0.2) is 0 Å². The second-order valence-corrected chi connectivity index (χ2v) is 6.75. The smallest absolute Gasteiger partial charge is 0.220 e. The summed E-state index contributed by atoms with van der Waals surface area (Å²) in [5, 5.41) is 6.87. The van der Waals surface area contributed by atoms with Crippen molar-refractivity contribution in [2.75, 3.05) is 0 Å². The average Bonchev–Trinajstić information content (AvgIpc) is 2.77. The zero-order chi connectivity index (χ0) is 14.2. The van der Waals surface area contributed by atoms with E-state index >= 15 is 0 Å². The van der Waals surface area contributed by atoms with Gasteiger partial charge in [-0.2, -0.15) is 0 Å². The molecule has 116 valence electrons. The van der Waals surface area contributed by atoms with E-state index in [1.165, 1.54) is 51.4 Å². The van der Waals surface area contributed by atoms with Crippen LogP contribution in [0.15, 0.2) is 0 Å². The number of fused-ring (bicyclic) bond motifs is 2. The molecule has 0 aromatic carbocycles. The maximum atomic E-state index is 11.9. The first-order chi connectivity index (χ1) is 9.78. The summed E-state index contributed by atoms with van der Waals surface area (Å²) in [5.41, 5.74) is 0. The lowest BCUT2D eigenvalue weighted by molar-refractivity contribution is -0.122. The quantitative estimate of drug-likeness (QED) is 0.634. The lowest BCUT2D eigenvalue weighted by Gasteiger charge is -2.29. The molecule has 2 saturated heterocycles. The normalized spacial score (nSPS) is 28.6. The van der Waals surface area contributed by atoms with Gasteiger partial charge >= 0.3 is 0 Å². The van der Waals surface area contributed by atoms with Crippen molar-refractivity contribution in [1.29, 1.82) is 0 Å². The minimum Gasteiger partial charge on any atom is -0.353 e. The average molecular weight is 280 g/mol. The van der Waals surface area contributed by atoms with E-state index in [1.54, 1.807) is 0 Å². The maximum Gasteiger partial charge on any atom is 0.220 e. The summed E-state index contributed by atoms with van der Waals surface area (Å²) in [4.78, 5) is 11.9.